The second-order valence-electron chi connectivity index (χ2n) is 6.68. The van der Waals surface area contributed by atoms with Crippen LogP contribution in [0.15, 0.2) is 30.5 Å². The molecular formula is C18H21N3O4S. The van der Waals surface area contributed by atoms with E-state index in [1.165, 1.54) is 4.31 Å². The van der Waals surface area contributed by atoms with Gasteiger partial charge in [0.05, 0.1) is 23.4 Å². The summed E-state index contributed by atoms with van der Waals surface area (Å²) in [4.78, 5) is 19.0. The monoisotopic (exact) mass is 375 g/mol. The van der Waals surface area contributed by atoms with E-state index in [4.69, 9.17) is 4.74 Å². The van der Waals surface area contributed by atoms with E-state index in [2.05, 4.69) is 4.98 Å². The Hall–Kier alpha value is -2.19. The molecule has 0 unspecified atom stereocenters. The lowest BCUT2D eigenvalue weighted by atomic mass is 10.1. The Bertz CT molecular complexity index is 948. The third-order valence-corrected chi connectivity index (χ3v) is 7.41. The van der Waals surface area contributed by atoms with Gasteiger partial charge in [-0.25, -0.2) is 8.42 Å². The Morgan fingerprint density at radius 3 is 2.54 bits per heavy atom. The molecule has 4 rings (SSSR count). The van der Waals surface area contributed by atoms with Crippen LogP contribution in [0.1, 0.15) is 23.2 Å². The van der Waals surface area contributed by atoms with E-state index in [9.17, 15) is 13.2 Å². The first-order valence-electron chi connectivity index (χ1n) is 8.71. The van der Waals surface area contributed by atoms with Gasteiger partial charge in [0.2, 0.25) is 10.0 Å². The first-order chi connectivity index (χ1) is 12.5. The minimum absolute atomic E-state index is 0.103. The van der Waals surface area contributed by atoms with E-state index in [0.29, 0.717) is 37.5 Å². The summed E-state index contributed by atoms with van der Waals surface area (Å²) in [6.45, 7) is 1.52. The van der Waals surface area contributed by atoms with Crippen molar-refractivity contribution < 1.29 is 17.9 Å². The molecule has 1 amide bonds. The number of rotatable bonds is 4. The number of sulfonamides is 1. The number of hydrogen-bond acceptors (Lipinski definition) is 5. The highest BCUT2D eigenvalue weighted by molar-refractivity contribution is 7.90. The van der Waals surface area contributed by atoms with Crippen LogP contribution in [0.25, 0.3) is 10.9 Å². The van der Waals surface area contributed by atoms with Crippen LogP contribution < -0.4 is 4.74 Å². The summed E-state index contributed by atoms with van der Waals surface area (Å²) in [5, 5.41) is 0.534. The number of fused-ring (bicyclic) bond motifs is 1. The van der Waals surface area contributed by atoms with Gasteiger partial charge in [0.1, 0.15) is 5.75 Å². The molecule has 0 spiro atoms. The van der Waals surface area contributed by atoms with Gasteiger partial charge < -0.3 is 9.64 Å². The lowest BCUT2D eigenvalue weighted by Crippen LogP contribution is -2.51. The van der Waals surface area contributed by atoms with E-state index >= 15 is 0 Å². The maximum absolute atomic E-state index is 13.0. The van der Waals surface area contributed by atoms with Gasteiger partial charge in [0.15, 0.2) is 0 Å². The van der Waals surface area contributed by atoms with E-state index in [1.54, 1.807) is 24.3 Å². The highest BCUT2D eigenvalue weighted by Gasteiger charge is 2.41. The summed E-state index contributed by atoms with van der Waals surface area (Å²) in [7, 11) is -1.60. The maximum Gasteiger partial charge on any atom is 0.254 e. The number of hydrogen-bond donors (Lipinski definition) is 0. The average molecular weight is 375 g/mol. The molecule has 0 bridgehead atoms. The quantitative estimate of drug-likeness (QED) is 0.809. The van der Waals surface area contributed by atoms with Crippen molar-refractivity contribution in [1.82, 2.24) is 14.2 Å². The predicted octanol–water partition coefficient (Wildman–Crippen LogP) is 1.49. The van der Waals surface area contributed by atoms with Gasteiger partial charge in [0, 0.05) is 37.8 Å². The molecule has 8 heteroatoms. The molecular weight excluding hydrogens is 354 g/mol. The van der Waals surface area contributed by atoms with E-state index in [-0.39, 0.29) is 11.2 Å². The van der Waals surface area contributed by atoms with Gasteiger partial charge in [-0.2, -0.15) is 4.31 Å². The van der Waals surface area contributed by atoms with Crippen molar-refractivity contribution >= 4 is 26.8 Å². The van der Waals surface area contributed by atoms with E-state index < -0.39 is 10.0 Å². The highest BCUT2D eigenvalue weighted by atomic mass is 32.2. The van der Waals surface area contributed by atoms with Crippen LogP contribution in [0.3, 0.4) is 0 Å². The average Bonchev–Trinajstić information content (AvgIpc) is 3.52. The zero-order chi connectivity index (χ0) is 18.3. The molecule has 1 aromatic heterocycles. The number of carbonyl (C=O) groups is 1. The van der Waals surface area contributed by atoms with Crippen molar-refractivity contribution in [3.63, 3.8) is 0 Å². The topological polar surface area (TPSA) is 79.8 Å². The third kappa shape index (κ3) is 3.03. The maximum atomic E-state index is 13.0. The number of methoxy groups -OCH3 is 1. The minimum Gasteiger partial charge on any atom is -0.497 e. The summed E-state index contributed by atoms with van der Waals surface area (Å²) < 4.78 is 31.5. The smallest absolute Gasteiger partial charge is 0.254 e. The van der Waals surface area contributed by atoms with Crippen LogP contribution in [-0.4, -0.2) is 67.1 Å². The summed E-state index contributed by atoms with van der Waals surface area (Å²) in [5.41, 5.74) is 1.29. The third-order valence-electron chi connectivity index (χ3n) is 5.01. The molecule has 1 aliphatic heterocycles. The molecule has 1 saturated carbocycles. The SMILES string of the molecule is COc1ccc2nccc(C(=O)N3CCN(S(=O)(=O)C4CC4)CC3)c2c1. The minimum atomic E-state index is -3.18. The number of pyridine rings is 1. The largest absolute Gasteiger partial charge is 0.497 e. The molecule has 2 aliphatic rings. The zero-order valence-electron chi connectivity index (χ0n) is 14.6. The van der Waals surface area contributed by atoms with Crippen molar-refractivity contribution in [2.45, 2.75) is 18.1 Å². The molecule has 1 aromatic carbocycles. The fraction of sp³-hybridized carbons (Fsp3) is 0.444. The van der Waals surface area contributed by atoms with Crippen LogP contribution in [-0.2, 0) is 10.0 Å². The summed E-state index contributed by atoms with van der Waals surface area (Å²) in [5.74, 6) is 0.564. The number of aromatic nitrogens is 1. The Morgan fingerprint density at radius 2 is 1.88 bits per heavy atom. The van der Waals surface area contributed by atoms with Gasteiger partial charge in [-0.1, -0.05) is 0 Å². The van der Waals surface area contributed by atoms with E-state index in [0.717, 1.165) is 23.7 Å². The molecule has 2 aromatic rings. The van der Waals surface area contributed by atoms with Gasteiger partial charge in [-0.3, -0.25) is 9.78 Å². The number of benzene rings is 1. The second kappa shape index (κ2) is 6.51. The fourth-order valence-electron chi connectivity index (χ4n) is 3.33. The van der Waals surface area contributed by atoms with Crippen molar-refractivity contribution in [2.24, 2.45) is 0 Å². The van der Waals surface area contributed by atoms with Crippen LogP contribution in [0, 0.1) is 0 Å². The van der Waals surface area contributed by atoms with Crippen LogP contribution in [0.2, 0.25) is 0 Å². The molecule has 2 heterocycles. The molecule has 7 nitrogen and oxygen atoms in total. The van der Waals surface area contributed by atoms with Crippen molar-refractivity contribution in [3.05, 3.63) is 36.0 Å². The van der Waals surface area contributed by atoms with Crippen LogP contribution in [0.4, 0.5) is 0 Å². The number of piperazine rings is 1. The standard InChI is InChI=1S/C18H21N3O4S/c1-25-13-2-5-17-16(12-13)15(6-7-19-17)18(22)20-8-10-21(11-9-20)26(23,24)14-3-4-14/h2,5-7,12,14H,3-4,8-11H2,1H3. The Kier molecular flexibility index (Phi) is 4.32. The predicted molar refractivity (Wildman–Crippen MR) is 97.7 cm³/mol. The molecule has 138 valence electrons. The second-order valence-corrected chi connectivity index (χ2v) is 8.89. The Balaban J connectivity index is 1.54. The molecule has 1 aliphatic carbocycles. The molecule has 0 radical (unpaired) electrons. The lowest BCUT2D eigenvalue weighted by molar-refractivity contribution is 0.0699. The number of amides is 1. The number of nitrogens with zero attached hydrogens (tertiary/aromatic N) is 3. The zero-order valence-corrected chi connectivity index (χ0v) is 15.4. The van der Waals surface area contributed by atoms with Crippen LogP contribution in [0.5, 0.6) is 5.75 Å². The van der Waals surface area contributed by atoms with Crippen molar-refractivity contribution in [1.29, 1.82) is 0 Å². The lowest BCUT2D eigenvalue weighted by Gasteiger charge is -2.34. The summed E-state index contributed by atoms with van der Waals surface area (Å²) in [6, 6.07) is 7.15. The molecule has 26 heavy (non-hydrogen) atoms. The number of carbonyl (C=O) groups excluding carboxylic acids is 1. The first kappa shape index (κ1) is 17.2. The summed E-state index contributed by atoms with van der Waals surface area (Å²) >= 11 is 0. The van der Waals surface area contributed by atoms with E-state index in [1.807, 2.05) is 18.2 Å². The van der Waals surface area contributed by atoms with Gasteiger partial charge in [-0.15, -0.1) is 0 Å². The summed E-state index contributed by atoms with van der Waals surface area (Å²) in [6.07, 6.45) is 3.13. The van der Waals surface area contributed by atoms with Crippen molar-refractivity contribution in [2.75, 3.05) is 33.3 Å². The van der Waals surface area contributed by atoms with Crippen molar-refractivity contribution in [3.8, 4) is 5.75 Å². The Labute approximate surface area is 152 Å². The van der Waals surface area contributed by atoms with Gasteiger partial charge >= 0.3 is 0 Å². The Morgan fingerprint density at radius 1 is 1.15 bits per heavy atom. The fourth-order valence-corrected chi connectivity index (χ4v) is 5.16. The van der Waals surface area contributed by atoms with Gasteiger partial charge in [-0.05, 0) is 37.1 Å². The molecule has 2 fully saturated rings. The van der Waals surface area contributed by atoms with Gasteiger partial charge in [0.25, 0.3) is 5.91 Å². The highest BCUT2D eigenvalue weighted by Crippen LogP contribution is 2.31. The molecule has 1 saturated heterocycles. The first-order valence-corrected chi connectivity index (χ1v) is 10.2. The normalized spacial score (nSPS) is 18.9. The van der Waals surface area contributed by atoms with Crippen LogP contribution >= 0.6 is 0 Å². The molecule has 0 N–H and O–H groups in total. The number of ether oxygens (including phenoxy) is 1. The molecule has 0 atom stereocenters.